The van der Waals surface area contributed by atoms with Crippen molar-refractivity contribution >= 4 is 39.0 Å². The van der Waals surface area contributed by atoms with Crippen molar-refractivity contribution in [3.05, 3.63) is 68.6 Å². The number of rotatable bonds is 5. The van der Waals surface area contributed by atoms with Crippen LogP contribution in [0.4, 0.5) is 4.39 Å². The van der Waals surface area contributed by atoms with E-state index in [1.165, 1.54) is 23.5 Å². The molecule has 3 rings (SSSR count). The van der Waals surface area contributed by atoms with Gasteiger partial charge in [-0.3, -0.25) is 9.36 Å². The number of nitrogens with zero attached hydrogens (tertiary/aromatic N) is 2. The zero-order chi connectivity index (χ0) is 18.8. The molecule has 26 heavy (non-hydrogen) atoms. The number of hydrogen-bond donors (Lipinski definition) is 0. The Labute approximate surface area is 161 Å². The van der Waals surface area contributed by atoms with E-state index in [-0.39, 0.29) is 15.8 Å². The molecule has 3 aromatic rings. The molecule has 0 saturated carbocycles. The predicted octanol–water partition coefficient (Wildman–Crippen LogP) is 4.49. The fraction of sp³-hybridized carbons (Fsp3) is 0.167. The molecule has 0 spiro atoms. The Balaban J connectivity index is 1.75. The molecule has 0 unspecified atom stereocenters. The first kappa shape index (κ1) is 18.5. The number of esters is 1. The molecule has 0 aliphatic heterocycles. The third kappa shape index (κ3) is 3.61. The van der Waals surface area contributed by atoms with Gasteiger partial charge in [0.25, 0.3) is 0 Å². The summed E-state index contributed by atoms with van der Waals surface area (Å²) in [6, 6.07) is 5.38. The number of thiazole rings is 1. The van der Waals surface area contributed by atoms with E-state index in [2.05, 4.69) is 20.9 Å². The van der Waals surface area contributed by atoms with E-state index in [4.69, 9.17) is 4.74 Å². The zero-order valence-corrected chi connectivity index (χ0v) is 16.4. The van der Waals surface area contributed by atoms with Crippen LogP contribution in [0.2, 0.25) is 0 Å². The normalized spacial score (nSPS) is 10.8. The molecule has 0 saturated heterocycles. The van der Waals surface area contributed by atoms with Gasteiger partial charge >= 0.3 is 5.97 Å². The molecule has 2 heterocycles. The molecule has 0 bridgehead atoms. The van der Waals surface area contributed by atoms with E-state index < -0.39 is 18.4 Å². The highest BCUT2D eigenvalue weighted by Crippen LogP contribution is 2.23. The first-order chi connectivity index (χ1) is 12.4. The Morgan fingerprint density at radius 2 is 2.04 bits per heavy atom. The lowest BCUT2D eigenvalue weighted by Crippen LogP contribution is -2.15. The van der Waals surface area contributed by atoms with Crippen LogP contribution in [0.25, 0.3) is 5.13 Å². The van der Waals surface area contributed by atoms with Crippen molar-refractivity contribution in [1.82, 2.24) is 9.55 Å². The van der Waals surface area contributed by atoms with E-state index in [1.807, 2.05) is 23.8 Å². The molecule has 0 aliphatic carbocycles. The molecule has 0 aliphatic rings. The minimum atomic E-state index is -0.695. The number of carbonyl (C=O) groups is 2. The van der Waals surface area contributed by atoms with Gasteiger partial charge in [-0.25, -0.2) is 14.2 Å². The highest BCUT2D eigenvalue weighted by molar-refractivity contribution is 9.10. The maximum atomic E-state index is 13.1. The lowest BCUT2D eigenvalue weighted by atomic mass is 10.1. The zero-order valence-electron chi connectivity index (χ0n) is 14.0. The summed E-state index contributed by atoms with van der Waals surface area (Å²) in [5.41, 5.74) is 2.24. The first-order valence-corrected chi connectivity index (χ1v) is 9.30. The Hall–Kier alpha value is -2.32. The number of hydrogen-bond acceptors (Lipinski definition) is 5. The number of ether oxygens (including phenoxy) is 1. The van der Waals surface area contributed by atoms with Crippen LogP contribution in [-0.4, -0.2) is 27.9 Å². The molecule has 0 amide bonds. The van der Waals surface area contributed by atoms with Crippen LogP contribution in [0.1, 0.15) is 32.1 Å². The number of ketones is 1. The smallest absolute Gasteiger partial charge is 0.339 e. The van der Waals surface area contributed by atoms with Crippen molar-refractivity contribution in [3.8, 4) is 5.13 Å². The summed E-state index contributed by atoms with van der Waals surface area (Å²) in [5, 5.41) is 2.63. The Bertz CT molecular complexity index is 983. The molecule has 0 atom stereocenters. The SMILES string of the molecule is Cc1cc(C(=O)COC(=O)c2ccc(F)cc2Br)c(C)n1-c1nccs1. The topological polar surface area (TPSA) is 61.2 Å². The molecule has 0 radical (unpaired) electrons. The number of carbonyl (C=O) groups excluding carboxylic acids is 2. The largest absolute Gasteiger partial charge is 0.454 e. The molecule has 5 nitrogen and oxygen atoms in total. The molecule has 8 heteroatoms. The molecule has 2 aromatic heterocycles. The highest BCUT2D eigenvalue weighted by Gasteiger charge is 2.20. The molecular formula is C18H14BrFN2O3S. The van der Waals surface area contributed by atoms with Gasteiger partial charge in [-0.2, -0.15) is 0 Å². The van der Waals surface area contributed by atoms with Crippen LogP contribution in [0.5, 0.6) is 0 Å². The van der Waals surface area contributed by atoms with E-state index in [9.17, 15) is 14.0 Å². The predicted molar refractivity (Wildman–Crippen MR) is 99.6 cm³/mol. The fourth-order valence-corrected chi connectivity index (χ4v) is 3.87. The van der Waals surface area contributed by atoms with Gasteiger partial charge in [0.15, 0.2) is 11.7 Å². The highest BCUT2D eigenvalue weighted by atomic mass is 79.9. The van der Waals surface area contributed by atoms with Crippen LogP contribution in [0.15, 0.2) is 40.3 Å². The second kappa shape index (κ2) is 7.51. The average Bonchev–Trinajstić information content (AvgIpc) is 3.20. The summed E-state index contributed by atoms with van der Waals surface area (Å²) >= 11 is 4.58. The molecule has 0 fully saturated rings. The minimum Gasteiger partial charge on any atom is -0.454 e. The third-order valence-electron chi connectivity index (χ3n) is 3.83. The summed E-state index contributed by atoms with van der Waals surface area (Å²) in [6.07, 6.45) is 1.70. The van der Waals surface area contributed by atoms with Crippen molar-refractivity contribution in [3.63, 3.8) is 0 Å². The number of Topliss-reactive ketones (excluding diaryl/α,β-unsaturated/α-hetero) is 1. The van der Waals surface area contributed by atoms with Gasteiger partial charge in [-0.1, -0.05) is 0 Å². The van der Waals surface area contributed by atoms with Crippen LogP contribution < -0.4 is 0 Å². The van der Waals surface area contributed by atoms with Crippen LogP contribution in [0, 0.1) is 19.7 Å². The van der Waals surface area contributed by atoms with Gasteiger partial charge < -0.3 is 4.74 Å². The summed E-state index contributed by atoms with van der Waals surface area (Å²) in [7, 11) is 0. The molecule has 1 aromatic carbocycles. The number of benzene rings is 1. The molecule has 0 N–H and O–H groups in total. The van der Waals surface area contributed by atoms with Gasteiger partial charge in [0.2, 0.25) is 5.78 Å². The van der Waals surface area contributed by atoms with Gasteiger partial charge in [0.05, 0.1) is 5.56 Å². The first-order valence-electron chi connectivity index (χ1n) is 7.62. The standard InChI is InChI=1S/C18H14BrFN2O3S/c1-10-7-14(11(2)22(10)18-21-5-6-26-18)16(23)9-25-17(24)13-4-3-12(20)8-15(13)19/h3-8H,9H2,1-2H3. The van der Waals surface area contributed by atoms with E-state index in [0.717, 1.165) is 22.6 Å². The van der Waals surface area contributed by atoms with Crippen molar-refractivity contribution in [2.45, 2.75) is 13.8 Å². The van der Waals surface area contributed by atoms with Gasteiger partial charge in [0, 0.05) is 33.0 Å². The second-order valence-corrected chi connectivity index (χ2v) is 7.29. The van der Waals surface area contributed by atoms with Crippen molar-refractivity contribution in [1.29, 1.82) is 0 Å². The summed E-state index contributed by atoms with van der Waals surface area (Å²) in [4.78, 5) is 28.9. The molecular weight excluding hydrogens is 423 g/mol. The Morgan fingerprint density at radius 3 is 2.69 bits per heavy atom. The van der Waals surface area contributed by atoms with Gasteiger partial charge in [-0.15, -0.1) is 11.3 Å². The summed E-state index contributed by atoms with van der Waals surface area (Å²) in [6.45, 7) is 3.30. The summed E-state index contributed by atoms with van der Waals surface area (Å²) < 4.78 is 20.4. The van der Waals surface area contributed by atoms with Gasteiger partial charge in [-0.05, 0) is 54.0 Å². The van der Waals surface area contributed by atoms with E-state index in [0.29, 0.717) is 5.56 Å². The van der Waals surface area contributed by atoms with Crippen molar-refractivity contribution in [2.24, 2.45) is 0 Å². The van der Waals surface area contributed by atoms with E-state index in [1.54, 1.807) is 12.3 Å². The van der Waals surface area contributed by atoms with Crippen LogP contribution in [0.3, 0.4) is 0 Å². The van der Waals surface area contributed by atoms with Crippen molar-refractivity contribution in [2.75, 3.05) is 6.61 Å². The van der Waals surface area contributed by atoms with E-state index >= 15 is 0 Å². The quantitative estimate of drug-likeness (QED) is 0.436. The van der Waals surface area contributed by atoms with Crippen molar-refractivity contribution < 1.29 is 18.7 Å². The fourth-order valence-electron chi connectivity index (χ4n) is 2.61. The maximum Gasteiger partial charge on any atom is 0.339 e. The second-order valence-electron chi connectivity index (χ2n) is 5.56. The Kier molecular flexibility index (Phi) is 5.33. The third-order valence-corrected chi connectivity index (χ3v) is 5.24. The minimum absolute atomic E-state index is 0.160. The lowest BCUT2D eigenvalue weighted by molar-refractivity contribution is 0.0473. The number of aromatic nitrogens is 2. The number of halogens is 2. The van der Waals surface area contributed by atoms with Crippen LogP contribution in [-0.2, 0) is 4.74 Å². The van der Waals surface area contributed by atoms with Gasteiger partial charge in [0.1, 0.15) is 5.82 Å². The maximum absolute atomic E-state index is 13.1. The van der Waals surface area contributed by atoms with Crippen LogP contribution >= 0.6 is 27.3 Å². The summed E-state index contributed by atoms with van der Waals surface area (Å²) in [5.74, 6) is -1.48. The average molecular weight is 437 g/mol. The Morgan fingerprint density at radius 1 is 1.27 bits per heavy atom. The lowest BCUT2D eigenvalue weighted by Gasteiger charge is -2.07. The number of aryl methyl sites for hydroxylation is 1. The monoisotopic (exact) mass is 436 g/mol. The molecule has 134 valence electrons.